The molecule has 2 aromatic carbocycles. The zero-order valence-corrected chi connectivity index (χ0v) is 13.4. The molecule has 0 fully saturated rings. The van der Waals surface area contributed by atoms with Crippen molar-refractivity contribution in [1.29, 1.82) is 0 Å². The quantitative estimate of drug-likeness (QED) is 0.629. The van der Waals surface area contributed by atoms with Crippen molar-refractivity contribution in [2.75, 3.05) is 6.61 Å². The van der Waals surface area contributed by atoms with Crippen LogP contribution in [0.3, 0.4) is 0 Å². The van der Waals surface area contributed by atoms with Crippen molar-refractivity contribution in [1.82, 2.24) is 0 Å². The van der Waals surface area contributed by atoms with Gasteiger partial charge in [0.15, 0.2) is 0 Å². The molecule has 0 aromatic heterocycles. The Hall–Kier alpha value is -1.39. The highest BCUT2D eigenvalue weighted by Crippen LogP contribution is 2.23. The minimum atomic E-state index is 0.382. The molecule has 0 saturated carbocycles. The zero-order chi connectivity index (χ0) is 14.4. The second kappa shape index (κ2) is 7.41. The van der Waals surface area contributed by atoms with E-state index in [1.165, 1.54) is 5.56 Å². The molecule has 0 atom stereocenters. The number of benzene rings is 2. The van der Waals surface area contributed by atoms with E-state index in [0.29, 0.717) is 11.6 Å². The first-order valence-electron chi connectivity index (χ1n) is 6.43. The first-order valence-corrected chi connectivity index (χ1v) is 7.63. The minimum absolute atomic E-state index is 0.382. The Kier molecular flexibility index (Phi) is 5.56. The predicted molar refractivity (Wildman–Crippen MR) is 90.3 cm³/mol. The van der Waals surface area contributed by atoms with Gasteiger partial charge in [0, 0.05) is 10.0 Å². The van der Waals surface area contributed by atoms with Crippen LogP contribution in [0.25, 0.3) is 0 Å². The van der Waals surface area contributed by atoms with Gasteiger partial charge in [0.05, 0.1) is 6.61 Å². The topological polar surface area (TPSA) is 35.2 Å². The summed E-state index contributed by atoms with van der Waals surface area (Å²) in [6.07, 6.45) is 2.01. The summed E-state index contributed by atoms with van der Waals surface area (Å²) in [4.78, 5) is 0.382. The van der Waals surface area contributed by atoms with Gasteiger partial charge in [-0.05, 0) is 52.5 Å². The highest BCUT2D eigenvalue weighted by molar-refractivity contribution is 9.10. The van der Waals surface area contributed by atoms with E-state index in [1.807, 2.05) is 24.3 Å². The fourth-order valence-corrected chi connectivity index (χ4v) is 2.78. The van der Waals surface area contributed by atoms with E-state index in [4.69, 9.17) is 22.7 Å². The van der Waals surface area contributed by atoms with Gasteiger partial charge in [-0.15, -0.1) is 0 Å². The molecule has 104 valence electrons. The predicted octanol–water partition coefficient (Wildman–Crippen LogP) is 4.09. The maximum absolute atomic E-state index is 5.73. The van der Waals surface area contributed by atoms with Crippen molar-refractivity contribution in [3.8, 4) is 5.75 Å². The summed E-state index contributed by atoms with van der Waals surface area (Å²) in [5, 5.41) is 0. The molecule has 2 aromatic rings. The van der Waals surface area contributed by atoms with Gasteiger partial charge in [-0.1, -0.05) is 42.5 Å². The van der Waals surface area contributed by atoms with Crippen LogP contribution in [0, 0.1) is 0 Å². The fourth-order valence-electron chi connectivity index (χ4n) is 1.90. The average Bonchev–Trinajstić information content (AvgIpc) is 2.44. The molecule has 0 bridgehead atoms. The van der Waals surface area contributed by atoms with Crippen LogP contribution >= 0.6 is 28.1 Å². The number of nitrogens with two attached hydrogens (primary N) is 1. The van der Waals surface area contributed by atoms with E-state index in [-0.39, 0.29) is 0 Å². The smallest absolute Gasteiger partial charge is 0.120 e. The lowest BCUT2D eigenvalue weighted by molar-refractivity contribution is 0.311. The van der Waals surface area contributed by atoms with Crippen molar-refractivity contribution in [2.24, 2.45) is 5.73 Å². The van der Waals surface area contributed by atoms with E-state index >= 15 is 0 Å². The SMILES string of the molecule is NC(=S)c1ccc(OCCCc2ccccc2)cc1Br. The molecule has 2 rings (SSSR count). The van der Waals surface area contributed by atoms with Gasteiger partial charge in [0.1, 0.15) is 10.7 Å². The Morgan fingerprint density at radius 3 is 2.55 bits per heavy atom. The molecule has 2 nitrogen and oxygen atoms in total. The van der Waals surface area contributed by atoms with Crippen molar-refractivity contribution >= 4 is 33.1 Å². The first-order chi connectivity index (χ1) is 9.66. The first kappa shape index (κ1) is 15.0. The maximum atomic E-state index is 5.73. The van der Waals surface area contributed by atoms with Crippen molar-refractivity contribution < 1.29 is 4.74 Å². The Labute approximate surface area is 133 Å². The second-order valence-corrected chi connectivity index (χ2v) is 5.74. The van der Waals surface area contributed by atoms with E-state index < -0.39 is 0 Å². The number of rotatable bonds is 6. The molecule has 0 aliphatic heterocycles. The molecular weight excluding hydrogens is 334 g/mol. The fraction of sp³-hybridized carbons (Fsp3) is 0.188. The van der Waals surface area contributed by atoms with Gasteiger partial charge < -0.3 is 10.5 Å². The molecule has 2 N–H and O–H groups in total. The maximum Gasteiger partial charge on any atom is 0.120 e. The van der Waals surface area contributed by atoms with Crippen LogP contribution in [-0.4, -0.2) is 11.6 Å². The summed E-state index contributed by atoms with van der Waals surface area (Å²) in [5.74, 6) is 0.824. The molecule has 0 aliphatic rings. The van der Waals surface area contributed by atoms with Crippen LogP contribution in [0.2, 0.25) is 0 Å². The molecule has 0 radical (unpaired) electrons. The van der Waals surface area contributed by atoms with Crippen molar-refractivity contribution in [3.63, 3.8) is 0 Å². The highest BCUT2D eigenvalue weighted by atomic mass is 79.9. The summed E-state index contributed by atoms with van der Waals surface area (Å²) in [6, 6.07) is 16.1. The number of thiocarbonyl (C=S) groups is 1. The lowest BCUT2D eigenvalue weighted by Gasteiger charge is -2.08. The number of hydrogen-bond donors (Lipinski definition) is 1. The summed E-state index contributed by atoms with van der Waals surface area (Å²) >= 11 is 8.41. The van der Waals surface area contributed by atoms with E-state index in [0.717, 1.165) is 28.6 Å². The molecule has 0 heterocycles. The summed E-state index contributed by atoms with van der Waals surface area (Å²) in [5.41, 5.74) is 7.78. The normalized spacial score (nSPS) is 10.2. The Balaban J connectivity index is 1.83. The number of aryl methyl sites for hydroxylation is 1. The monoisotopic (exact) mass is 349 g/mol. The summed E-state index contributed by atoms with van der Waals surface area (Å²) in [7, 11) is 0. The van der Waals surface area contributed by atoms with Crippen LogP contribution in [-0.2, 0) is 6.42 Å². The third-order valence-corrected chi connectivity index (χ3v) is 3.80. The van der Waals surface area contributed by atoms with Crippen LogP contribution in [0.5, 0.6) is 5.75 Å². The molecule has 0 spiro atoms. The van der Waals surface area contributed by atoms with Crippen molar-refractivity contribution in [3.05, 3.63) is 64.1 Å². The van der Waals surface area contributed by atoms with E-state index in [9.17, 15) is 0 Å². The van der Waals surface area contributed by atoms with Gasteiger partial charge in [0.25, 0.3) is 0 Å². The van der Waals surface area contributed by atoms with Crippen LogP contribution < -0.4 is 10.5 Å². The van der Waals surface area contributed by atoms with Gasteiger partial charge >= 0.3 is 0 Å². The van der Waals surface area contributed by atoms with Gasteiger partial charge in [-0.3, -0.25) is 0 Å². The zero-order valence-electron chi connectivity index (χ0n) is 11.0. The largest absolute Gasteiger partial charge is 0.494 e. The molecule has 0 unspecified atom stereocenters. The lowest BCUT2D eigenvalue weighted by Crippen LogP contribution is -2.10. The molecule has 0 aliphatic carbocycles. The van der Waals surface area contributed by atoms with Crippen molar-refractivity contribution in [2.45, 2.75) is 12.8 Å². The minimum Gasteiger partial charge on any atom is -0.494 e. The molecule has 0 saturated heterocycles. The highest BCUT2D eigenvalue weighted by Gasteiger charge is 2.04. The number of halogens is 1. The van der Waals surface area contributed by atoms with Gasteiger partial charge in [0.2, 0.25) is 0 Å². The average molecular weight is 350 g/mol. The van der Waals surface area contributed by atoms with E-state index in [1.54, 1.807) is 0 Å². The van der Waals surface area contributed by atoms with Crippen LogP contribution in [0.4, 0.5) is 0 Å². The number of ether oxygens (including phenoxy) is 1. The standard InChI is InChI=1S/C16H16BrNOS/c17-15-11-13(8-9-14(15)16(18)20)19-10-4-7-12-5-2-1-3-6-12/h1-3,5-6,8-9,11H,4,7,10H2,(H2,18,20). The molecular formula is C16H16BrNOS. The summed E-state index contributed by atoms with van der Waals surface area (Å²) in [6.45, 7) is 0.688. The van der Waals surface area contributed by atoms with Gasteiger partial charge in [-0.2, -0.15) is 0 Å². The van der Waals surface area contributed by atoms with Gasteiger partial charge in [-0.25, -0.2) is 0 Å². The third kappa shape index (κ3) is 4.32. The van der Waals surface area contributed by atoms with E-state index in [2.05, 4.69) is 40.2 Å². The Bertz CT molecular complexity index is 586. The second-order valence-electron chi connectivity index (χ2n) is 4.44. The Morgan fingerprint density at radius 2 is 1.90 bits per heavy atom. The molecule has 20 heavy (non-hydrogen) atoms. The molecule has 4 heteroatoms. The van der Waals surface area contributed by atoms with Crippen LogP contribution in [0.1, 0.15) is 17.5 Å². The third-order valence-electron chi connectivity index (χ3n) is 2.93. The van der Waals surface area contributed by atoms with Crippen LogP contribution in [0.15, 0.2) is 53.0 Å². The number of hydrogen-bond acceptors (Lipinski definition) is 2. The molecule has 0 amide bonds. The summed E-state index contributed by atoms with van der Waals surface area (Å²) < 4.78 is 6.60. The lowest BCUT2D eigenvalue weighted by atomic mass is 10.1. The Morgan fingerprint density at radius 1 is 1.15 bits per heavy atom.